The summed E-state index contributed by atoms with van der Waals surface area (Å²) in [4.78, 5) is 11.6. The fourth-order valence-corrected chi connectivity index (χ4v) is 1.75. The number of amides is 1. The van der Waals surface area contributed by atoms with E-state index in [0.717, 1.165) is 6.08 Å². The van der Waals surface area contributed by atoms with Crippen molar-refractivity contribution >= 4 is 17.7 Å². The summed E-state index contributed by atoms with van der Waals surface area (Å²) in [5, 5.41) is 1.96. The molecule has 0 bridgehead atoms. The molecule has 2 rings (SSSR count). The molecule has 1 heterocycles. The molecule has 2 aromatic rings. The van der Waals surface area contributed by atoms with Crippen LogP contribution in [0.2, 0.25) is 0 Å². The van der Waals surface area contributed by atoms with Crippen molar-refractivity contribution in [1.82, 2.24) is 0 Å². The Hall–Kier alpha value is -2.71. The van der Waals surface area contributed by atoms with Gasteiger partial charge in [-0.3, -0.25) is 4.79 Å². The van der Waals surface area contributed by atoms with Crippen LogP contribution in [0.5, 0.6) is 0 Å². The SMILES string of the molecule is O=C(/C=C/c1ccco1)Nc1cc(C(F)(F)F)cc(C(F)(F)F)c1. The van der Waals surface area contributed by atoms with Gasteiger partial charge in [0.25, 0.3) is 0 Å². The van der Waals surface area contributed by atoms with Crippen molar-refractivity contribution in [2.75, 3.05) is 5.32 Å². The smallest absolute Gasteiger partial charge is 0.416 e. The van der Waals surface area contributed by atoms with Gasteiger partial charge in [-0.05, 0) is 36.4 Å². The summed E-state index contributed by atoms with van der Waals surface area (Å²) in [6.45, 7) is 0. The van der Waals surface area contributed by atoms with Gasteiger partial charge in [0, 0.05) is 11.8 Å². The number of benzene rings is 1. The quantitative estimate of drug-likeness (QED) is 0.628. The Balaban J connectivity index is 2.27. The highest BCUT2D eigenvalue weighted by atomic mass is 19.4. The lowest BCUT2D eigenvalue weighted by atomic mass is 10.1. The Bertz CT molecular complexity index is 712. The minimum atomic E-state index is -4.98. The van der Waals surface area contributed by atoms with Crippen molar-refractivity contribution in [3.05, 3.63) is 59.6 Å². The molecule has 24 heavy (non-hydrogen) atoms. The summed E-state index contributed by atoms with van der Waals surface area (Å²) >= 11 is 0. The van der Waals surface area contributed by atoms with Crippen LogP contribution < -0.4 is 5.32 Å². The summed E-state index contributed by atoms with van der Waals surface area (Å²) in [6, 6.07) is 3.88. The number of alkyl halides is 6. The molecule has 9 heteroatoms. The van der Waals surface area contributed by atoms with E-state index < -0.39 is 35.1 Å². The molecule has 0 aliphatic carbocycles. The molecular formula is C15H9F6NO2. The van der Waals surface area contributed by atoms with E-state index in [1.807, 2.05) is 5.32 Å². The average Bonchev–Trinajstić information content (AvgIpc) is 2.96. The van der Waals surface area contributed by atoms with E-state index in [1.54, 1.807) is 6.07 Å². The molecule has 0 spiro atoms. The number of carbonyl (C=O) groups excluding carboxylic acids is 1. The first-order chi connectivity index (χ1) is 11.1. The molecule has 1 aromatic carbocycles. The van der Waals surface area contributed by atoms with E-state index in [1.165, 1.54) is 18.4 Å². The van der Waals surface area contributed by atoms with Crippen molar-refractivity contribution in [1.29, 1.82) is 0 Å². The number of anilines is 1. The molecule has 128 valence electrons. The Kier molecular flexibility index (Phi) is 4.72. The fourth-order valence-electron chi connectivity index (χ4n) is 1.75. The second kappa shape index (κ2) is 6.42. The zero-order valence-electron chi connectivity index (χ0n) is 11.7. The van der Waals surface area contributed by atoms with Crippen molar-refractivity contribution in [2.45, 2.75) is 12.4 Å². The van der Waals surface area contributed by atoms with Gasteiger partial charge in [0.05, 0.1) is 17.4 Å². The van der Waals surface area contributed by atoms with Gasteiger partial charge in [-0.15, -0.1) is 0 Å². The number of rotatable bonds is 3. The monoisotopic (exact) mass is 349 g/mol. The van der Waals surface area contributed by atoms with E-state index >= 15 is 0 Å². The molecule has 0 unspecified atom stereocenters. The first-order valence-electron chi connectivity index (χ1n) is 6.38. The maximum absolute atomic E-state index is 12.7. The lowest BCUT2D eigenvalue weighted by Crippen LogP contribution is -2.14. The van der Waals surface area contributed by atoms with Crippen LogP contribution in [0.1, 0.15) is 16.9 Å². The molecule has 1 N–H and O–H groups in total. The third kappa shape index (κ3) is 4.64. The summed E-state index contributed by atoms with van der Waals surface area (Å²) in [6.07, 6.45) is -6.49. The van der Waals surface area contributed by atoms with Crippen LogP contribution in [-0.4, -0.2) is 5.91 Å². The molecule has 0 aliphatic rings. The molecule has 1 aromatic heterocycles. The van der Waals surface area contributed by atoms with Gasteiger partial charge in [0.1, 0.15) is 5.76 Å². The zero-order chi connectivity index (χ0) is 18.0. The minimum absolute atomic E-state index is 0.0195. The van der Waals surface area contributed by atoms with Crippen LogP contribution in [0.4, 0.5) is 32.0 Å². The lowest BCUT2D eigenvalue weighted by Gasteiger charge is -2.14. The van der Waals surface area contributed by atoms with Gasteiger partial charge in [-0.25, -0.2) is 0 Å². The van der Waals surface area contributed by atoms with Crippen LogP contribution >= 0.6 is 0 Å². The van der Waals surface area contributed by atoms with Crippen molar-refractivity contribution < 1.29 is 35.6 Å². The number of hydrogen-bond donors (Lipinski definition) is 1. The maximum Gasteiger partial charge on any atom is 0.416 e. The van der Waals surface area contributed by atoms with Crippen LogP contribution in [0.3, 0.4) is 0 Å². The third-order valence-corrected chi connectivity index (χ3v) is 2.80. The Morgan fingerprint density at radius 1 is 1.00 bits per heavy atom. The highest BCUT2D eigenvalue weighted by molar-refractivity contribution is 6.01. The Labute approximate surface area is 131 Å². The van der Waals surface area contributed by atoms with E-state index in [-0.39, 0.29) is 6.07 Å². The van der Waals surface area contributed by atoms with Crippen LogP contribution in [0, 0.1) is 0 Å². The summed E-state index contributed by atoms with van der Waals surface area (Å²) in [7, 11) is 0. The van der Waals surface area contributed by atoms with Gasteiger partial charge < -0.3 is 9.73 Å². The molecule has 0 saturated carbocycles. The summed E-state index contributed by atoms with van der Waals surface area (Å²) in [5.41, 5.74) is -3.64. The molecule has 1 amide bonds. The maximum atomic E-state index is 12.7. The molecule has 3 nitrogen and oxygen atoms in total. The number of hydrogen-bond acceptors (Lipinski definition) is 2. The van der Waals surface area contributed by atoms with Gasteiger partial charge in [0.15, 0.2) is 0 Å². The number of furan rings is 1. The van der Waals surface area contributed by atoms with Gasteiger partial charge in [-0.2, -0.15) is 26.3 Å². The summed E-state index contributed by atoms with van der Waals surface area (Å²) < 4.78 is 81.1. The highest BCUT2D eigenvalue weighted by Gasteiger charge is 2.37. The van der Waals surface area contributed by atoms with Crippen molar-refractivity contribution in [2.24, 2.45) is 0 Å². The van der Waals surface area contributed by atoms with Crippen molar-refractivity contribution in [3.8, 4) is 0 Å². The van der Waals surface area contributed by atoms with Crippen LogP contribution in [-0.2, 0) is 17.1 Å². The summed E-state index contributed by atoms with van der Waals surface area (Å²) in [5.74, 6) is -0.607. The first-order valence-corrected chi connectivity index (χ1v) is 6.38. The van der Waals surface area contributed by atoms with Crippen LogP contribution in [0.25, 0.3) is 6.08 Å². The van der Waals surface area contributed by atoms with E-state index in [2.05, 4.69) is 0 Å². The molecule has 0 atom stereocenters. The van der Waals surface area contributed by atoms with E-state index in [0.29, 0.717) is 17.9 Å². The van der Waals surface area contributed by atoms with Gasteiger partial charge >= 0.3 is 12.4 Å². The average molecular weight is 349 g/mol. The zero-order valence-corrected chi connectivity index (χ0v) is 11.7. The Morgan fingerprint density at radius 3 is 2.04 bits per heavy atom. The molecule has 0 fully saturated rings. The Morgan fingerprint density at radius 2 is 1.58 bits per heavy atom. The molecule has 0 saturated heterocycles. The predicted molar refractivity (Wildman–Crippen MR) is 72.8 cm³/mol. The topological polar surface area (TPSA) is 42.2 Å². The largest absolute Gasteiger partial charge is 0.465 e. The highest BCUT2D eigenvalue weighted by Crippen LogP contribution is 2.37. The first kappa shape index (κ1) is 17.6. The number of nitrogens with one attached hydrogen (secondary N) is 1. The van der Waals surface area contributed by atoms with Crippen LogP contribution in [0.15, 0.2) is 47.1 Å². The minimum Gasteiger partial charge on any atom is -0.465 e. The second-order valence-electron chi connectivity index (χ2n) is 4.63. The van der Waals surface area contributed by atoms with Gasteiger partial charge in [0.2, 0.25) is 5.91 Å². The fraction of sp³-hybridized carbons (Fsp3) is 0.133. The van der Waals surface area contributed by atoms with Gasteiger partial charge in [-0.1, -0.05) is 0 Å². The van der Waals surface area contributed by atoms with E-state index in [4.69, 9.17) is 4.42 Å². The number of halogens is 6. The third-order valence-electron chi connectivity index (χ3n) is 2.80. The normalized spacial score (nSPS) is 12.6. The van der Waals surface area contributed by atoms with E-state index in [9.17, 15) is 31.1 Å². The predicted octanol–water partition coefficient (Wildman–Crippen LogP) is 4.97. The second-order valence-corrected chi connectivity index (χ2v) is 4.63. The van der Waals surface area contributed by atoms with Crippen molar-refractivity contribution in [3.63, 3.8) is 0 Å². The molecule has 0 aliphatic heterocycles. The molecule has 0 radical (unpaired) electrons. The standard InChI is InChI=1S/C15H9F6NO2/c16-14(17,18)9-6-10(15(19,20)21)8-11(7-9)22-13(23)4-3-12-2-1-5-24-12/h1-8H,(H,22,23)/b4-3+. The number of carbonyl (C=O) groups is 1. The lowest BCUT2D eigenvalue weighted by molar-refractivity contribution is -0.143. The molecular weight excluding hydrogens is 340 g/mol.